The van der Waals surface area contributed by atoms with Crippen LogP contribution in [0.4, 0.5) is 11.4 Å². The summed E-state index contributed by atoms with van der Waals surface area (Å²) in [6.45, 7) is 11.3. The van der Waals surface area contributed by atoms with E-state index in [-0.39, 0.29) is 13.2 Å². The molecule has 0 saturated carbocycles. The van der Waals surface area contributed by atoms with Crippen LogP contribution in [0.3, 0.4) is 0 Å². The van der Waals surface area contributed by atoms with Crippen LogP contribution in [-0.2, 0) is 20.8 Å². The Morgan fingerprint density at radius 3 is 1.11 bits per heavy atom. The van der Waals surface area contributed by atoms with E-state index in [0.717, 1.165) is 59.3 Å². The molecule has 0 aliphatic heterocycles. The molecule has 1 unspecified atom stereocenters. The SMILES string of the molecule is CCCCCCCCCCCCOc1cc(COc2ccc(N=Nc3ccc(OCCOCCOCCOCC(O)CO)cc3)cc2)cc(OCCCCCCCCCCCC)c1OCCCCCCCCCCCC. The fourth-order valence-corrected chi connectivity index (χ4v) is 8.81. The Hall–Kier alpha value is -3.94. The number of rotatable bonds is 54. The fraction of sp³-hybridized carbons (Fsp3) is 0.719. The molecule has 1 atom stereocenters. The summed E-state index contributed by atoms with van der Waals surface area (Å²) in [5, 5.41) is 27.0. The summed E-state index contributed by atoms with van der Waals surface area (Å²) in [5.41, 5.74) is 2.41. The number of nitrogens with zero attached hydrogens (tertiary/aromatic N) is 2. The maximum atomic E-state index is 9.27. The largest absolute Gasteiger partial charge is 0.491 e. The van der Waals surface area contributed by atoms with E-state index in [2.05, 4.69) is 43.1 Å². The van der Waals surface area contributed by atoms with Gasteiger partial charge in [0.2, 0.25) is 5.75 Å². The van der Waals surface area contributed by atoms with E-state index in [9.17, 15) is 5.11 Å². The van der Waals surface area contributed by atoms with Crippen LogP contribution < -0.4 is 23.7 Å². The standard InChI is InChI=1S/C64H106N2O10/c1-4-7-10-13-16-19-22-25-28-31-42-73-62-51-56(52-63(74-43-32-29-26-23-20-17-14-11-8-5-2)64(62)75-44-33-30-27-24-21-18-15-12-9-6-3)54-76-61-40-36-58(37-41-61)66-65-57-34-38-60(39-35-57)72-50-49-70-46-45-69-47-48-71-55-59(68)53-67/h34-41,51-52,59,67-68H,4-33,42-50,53-55H2,1-3H3. The molecule has 0 aliphatic rings. The molecule has 0 bridgehead atoms. The van der Waals surface area contributed by atoms with Gasteiger partial charge < -0.3 is 48.1 Å². The minimum Gasteiger partial charge on any atom is -0.491 e. The number of ether oxygens (including phenoxy) is 8. The van der Waals surface area contributed by atoms with Crippen LogP contribution in [0.5, 0.6) is 28.7 Å². The molecular formula is C64H106N2O10. The predicted octanol–water partition coefficient (Wildman–Crippen LogP) is 17.4. The average molecular weight is 1060 g/mol. The molecule has 0 aliphatic carbocycles. The molecule has 2 N–H and O–H groups in total. The molecule has 0 saturated heterocycles. The monoisotopic (exact) mass is 1060 g/mol. The highest BCUT2D eigenvalue weighted by atomic mass is 16.6. The van der Waals surface area contributed by atoms with E-state index in [1.54, 1.807) is 0 Å². The van der Waals surface area contributed by atoms with Gasteiger partial charge in [0.1, 0.15) is 30.8 Å². The molecule has 0 aromatic heterocycles. The summed E-state index contributed by atoms with van der Waals surface area (Å²) in [4.78, 5) is 0. The molecule has 12 heteroatoms. The minimum atomic E-state index is -0.861. The first-order chi connectivity index (χ1) is 37.6. The zero-order valence-corrected chi connectivity index (χ0v) is 48.1. The minimum absolute atomic E-state index is 0.0868. The van der Waals surface area contributed by atoms with Crippen molar-refractivity contribution in [3.63, 3.8) is 0 Å². The lowest BCUT2D eigenvalue weighted by Gasteiger charge is -2.19. The molecule has 0 amide bonds. The third-order valence-corrected chi connectivity index (χ3v) is 13.5. The summed E-state index contributed by atoms with van der Waals surface area (Å²) >= 11 is 0. The third-order valence-electron chi connectivity index (χ3n) is 13.5. The van der Waals surface area contributed by atoms with Crippen molar-refractivity contribution < 1.29 is 48.1 Å². The molecule has 3 rings (SSSR count). The van der Waals surface area contributed by atoms with Gasteiger partial charge in [0.15, 0.2) is 11.5 Å². The number of hydrogen-bond donors (Lipinski definition) is 2. The summed E-state index contributed by atoms with van der Waals surface area (Å²) < 4.78 is 48.3. The van der Waals surface area contributed by atoms with Crippen molar-refractivity contribution in [2.75, 3.05) is 72.7 Å². The highest BCUT2D eigenvalue weighted by Gasteiger charge is 2.17. The van der Waals surface area contributed by atoms with Gasteiger partial charge in [0.05, 0.1) is 77.4 Å². The number of hydrogen-bond acceptors (Lipinski definition) is 12. The maximum absolute atomic E-state index is 9.27. The van der Waals surface area contributed by atoms with Crippen molar-refractivity contribution in [2.45, 2.75) is 226 Å². The van der Waals surface area contributed by atoms with Gasteiger partial charge in [-0.15, -0.1) is 0 Å². The van der Waals surface area contributed by atoms with E-state index >= 15 is 0 Å². The van der Waals surface area contributed by atoms with Crippen molar-refractivity contribution in [2.24, 2.45) is 10.2 Å². The summed E-state index contributed by atoms with van der Waals surface area (Å²) in [6, 6.07) is 19.3. The van der Waals surface area contributed by atoms with E-state index in [1.807, 2.05) is 48.5 Å². The first-order valence-corrected chi connectivity index (χ1v) is 30.5. The number of unbranched alkanes of at least 4 members (excludes halogenated alkanes) is 27. The second-order valence-corrected chi connectivity index (χ2v) is 20.5. The lowest BCUT2D eigenvalue weighted by atomic mass is 10.1. The van der Waals surface area contributed by atoms with Crippen LogP contribution in [0.1, 0.15) is 219 Å². The van der Waals surface area contributed by atoms with Gasteiger partial charge in [0.25, 0.3) is 0 Å². The number of benzene rings is 3. The normalized spacial score (nSPS) is 11.9. The van der Waals surface area contributed by atoms with Gasteiger partial charge >= 0.3 is 0 Å². The highest BCUT2D eigenvalue weighted by molar-refractivity contribution is 5.54. The van der Waals surface area contributed by atoms with Gasteiger partial charge in [0, 0.05) is 0 Å². The van der Waals surface area contributed by atoms with E-state index in [1.165, 1.54) is 173 Å². The summed E-state index contributed by atoms with van der Waals surface area (Å²) in [7, 11) is 0. The van der Waals surface area contributed by atoms with Crippen molar-refractivity contribution >= 4 is 11.4 Å². The molecule has 0 heterocycles. The smallest absolute Gasteiger partial charge is 0.203 e. The Morgan fingerprint density at radius 1 is 0.368 bits per heavy atom. The van der Waals surface area contributed by atoms with Gasteiger partial charge in [-0.25, -0.2) is 0 Å². The molecule has 0 spiro atoms. The Balaban J connectivity index is 1.57. The van der Waals surface area contributed by atoms with Crippen LogP contribution >= 0.6 is 0 Å². The number of aliphatic hydroxyl groups excluding tert-OH is 2. The van der Waals surface area contributed by atoms with E-state index in [4.69, 9.17) is 43.0 Å². The second-order valence-electron chi connectivity index (χ2n) is 20.5. The molecule has 3 aromatic rings. The summed E-state index contributed by atoms with van der Waals surface area (Å²) in [5.74, 6) is 3.69. The van der Waals surface area contributed by atoms with E-state index in [0.29, 0.717) is 71.8 Å². The van der Waals surface area contributed by atoms with Gasteiger partial charge in [-0.2, -0.15) is 10.2 Å². The van der Waals surface area contributed by atoms with Crippen molar-refractivity contribution in [3.8, 4) is 28.7 Å². The average Bonchev–Trinajstić information content (AvgIpc) is 3.44. The molecule has 0 fully saturated rings. The van der Waals surface area contributed by atoms with Crippen LogP contribution in [0.25, 0.3) is 0 Å². The van der Waals surface area contributed by atoms with Gasteiger partial charge in [-0.05, 0) is 85.5 Å². The maximum Gasteiger partial charge on any atom is 0.203 e. The fourth-order valence-electron chi connectivity index (χ4n) is 8.81. The van der Waals surface area contributed by atoms with Crippen molar-refractivity contribution in [1.29, 1.82) is 0 Å². The van der Waals surface area contributed by atoms with Crippen molar-refractivity contribution in [3.05, 3.63) is 66.2 Å². The Morgan fingerprint density at radius 2 is 0.711 bits per heavy atom. The topological polar surface area (TPSA) is 139 Å². The zero-order chi connectivity index (χ0) is 54.0. The summed E-state index contributed by atoms with van der Waals surface area (Å²) in [6.07, 6.45) is 37.6. The highest BCUT2D eigenvalue weighted by Crippen LogP contribution is 2.40. The first kappa shape index (κ1) is 66.3. The molecule has 3 aromatic carbocycles. The third kappa shape index (κ3) is 35.5. The Labute approximate surface area is 461 Å². The Kier molecular flexibility index (Phi) is 42.1. The lowest BCUT2D eigenvalue weighted by Crippen LogP contribution is -2.21. The van der Waals surface area contributed by atoms with Crippen LogP contribution in [0, 0.1) is 0 Å². The number of azo groups is 1. The molecular weight excluding hydrogens is 957 g/mol. The quantitative estimate of drug-likeness (QED) is 0.0415. The first-order valence-electron chi connectivity index (χ1n) is 30.5. The van der Waals surface area contributed by atoms with Crippen LogP contribution in [0.15, 0.2) is 70.9 Å². The zero-order valence-electron chi connectivity index (χ0n) is 48.1. The molecule has 12 nitrogen and oxygen atoms in total. The number of aliphatic hydroxyl groups is 2. The lowest BCUT2D eigenvalue weighted by molar-refractivity contribution is -0.0240. The predicted molar refractivity (Wildman–Crippen MR) is 311 cm³/mol. The van der Waals surface area contributed by atoms with E-state index < -0.39 is 6.10 Å². The van der Waals surface area contributed by atoms with Gasteiger partial charge in [-0.1, -0.05) is 194 Å². The van der Waals surface area contributed by atoms with Crippen LogP contribution in [-0.4, -0.2) is 89.0 Å². The molecule has 0 radical (unpaired) electrons. The Bertz CT molecular complexity index is 1730. The van der Waals surface area contributed by atoms with Gasteiger partial charge in [-0.3, -0.25) is 0 Å². The molecule has 76 heavy (non-hydrogen) atoms. The van der Waals surface area contributed by atoms with Crippen LogP contribution in [0.2, 0.25) is 0 Å². The second kappa shape index (κ2) is 48.2. The van der Waals surface area contributed by atoms with Crippen molar-refractivity contribution in [1.82, 2.24) is 0 Å². The molecule has 432 valence electrons.